The zero-order valence-corrected chi connectivity index (χ0v) is 10.3. The maximum atomic E-state index is 5.81. The first-order valence-electron chi connectivity index (χ1n) is 4.90. The average Bonchev–Trinajstić information content (AvgIpc) is 2.74. The van der Waals surface area contributed by atoms with Crippen LogP contribution >= 0.6 is 12.4 Å². The molecule has 0 saturated carbocycles. The highest BCUT2D eigenvalue weighted by Crippen LogP contribution is 2.12. The summed E-state index contributed by atoms with van der Waals surface area (Å²) < 4.78 is 1.54. The van der Waals surface area contributed by atoms with E-state index in [1.807, 2.05) is 6.92 Å². The van der Waals surface area contributed by atoms with Crippen molar-refractivity contribution in [1.29, 1.82) is 0 Å². The van der Waals surface area contributed by atoms with Crippen LogP contribution in [0.2, 0.25) is 0 Å². The van der Waals surface area contributed by atoms with E-state index in [9.17, 15) is 0 Å². The van der Waals surface area contributed by atoms with Crippen LogP contribution in [-0.4, -0.2) is 31.8 Å². The first kappa shape index (κ1) is 13.3. The molecule has 0 spiro atoms. The van der Waals surface area contributed by atoms with E-state index in [4.69, 9.17) is 5.73 Å². The summed E-state index contributed by atoms with van der Waals surface area (Å²) in [6, 6.07) is 1.50. The van der Waals surface area contributed by atoms with Crippen molar-refractivity contribution in [2.75, 3.05) is 12.4 Å². The van der Waals surface area contributed by atoms with E-state index >= 15 is 0 Å². The molecule has 17 heavy (non-hydrogen) atoms. The second kappa shape index (κ2) is 5.55. The number of rotatable bonds is 3. The Morgan fingerprint density at radius 1 is 1.35 bits per heavy atom. The number of nitrogens with zero attached hydrogens (tertiary/aromatic N) is 5. The molecule has 0 aliphatic heterocycles. The fraction of sp³-hybridized carbons (Fsp3) is 0.333. The molecule has 0 bridgehead atoms. The number of halogens is 1. The normalized spacial score (nSPS) is 11.7. The number of aromatic nitrogens is 5. The van der Waals surface area contributed by atoms with Gasteiger partial charge in [-0.15, -0.1) is 17.5 Å². The molecule has 92 valence electrons. The van der Waals surface area contributed by atoms with Crippen molar-refractivity contribution in [2.45, 2.75) is 13.0 Å². The molecule has 0 radical (unpaired) electrons. The summed E-state index contributed by atoms with van der Waals surface area (Å²) >= 11 is 0. The Morgan fingerprint density at radius 3 is 2.53 bits per heavy atom. The SMILES string of the molecule is CNc1nc([C@H](C)N)n(-c2ncccn2)n1.Cl. The zero-order chi connectivity index (χ0) is 11.5. The largest absolute Gasteiger partial charge is 0.356 e. The van der Waals surface area contributed by atoms with E-state index in [-0.39, 0.29) is 18.4 Å². The van der Waals surface area contributed by atoms with Crippen LogP contribution in [-0.2, 0) is 0 Å². The van der Waals surface area contributed by atoms with E-state index in [0.29, 0.717) is 17.7 Å². The molecule has 0 amide bonds. The molecule has 7 nitrogen and oxygen atoms in total. The van der Waals surface area contributed by atoms with Gasteiger partial charge in [0.25, 0.3) is 5.95 Å². The summed E-state index contributed by atoms with van der Waals surface area (Å²) in [5, 5.41) is 7.07. The zero-order valence-electron chi connectivity index (χ0n) is 9.53. The van der Waals surface area contributed by atoms with Gasteiger partial charge in [0.05, 0.1) is 6.04 Å². The van der Waals surface area contributed by atoms with Gasteiger partial charge in [0.1, 0.15) is 0 Å². The molecule has 2 heterocycles. The minimum atomic E-state index is -0.238. The maximum absolute atomic E-state index is 5.81. The Bertz CT molecular complexity index is 467. The quantitative estimate of drug-likeness (QED) is 0.831. The molecule has 0 aliphatic rings. The van der Waals surface area contributed by atoms with Crippen LogP contribution < -0.4 is 11.1 Å². The van der Waals surface area contributed by atoms with E-state index in [1.54, 1.807) is 25.5 Å². The monoisotopic (exact) mass is 255 g/mol. The highest BCUT2D eigenvalue weighted by atomic mass is 35.5. The molecule has 2 rings (SSSR count). The maximum Gasteiger partial charge on any atom is 0.252 e. The summed E-state index contributed by atoms with van der Waals surface area (Å²) in [6.07, 6.45) is 3.29. The van der Waals surface area contributed by atoms with Crippen molar-refractivity contribution >= 4 is 18.4 Å². The highest BCUT2D eigenvalue weighted by Gasteiger charge is 2.15. The van der Waals surface area contributed by atoms with Crippen LogP contribution in [0, 0.1) is 0 Å². The van der Waals surface area contributed by atoms with Crippen LogP contribution in [0.15, 0.2) is 18.5 Å². The number of nitrogens with two attached hydrogens (primary N) is 1. The summed E-state index contributed by atoms with van der Waals surface area (Å²) in [6.45, 7) is 1.84. The second-order valence-electron chi connectivity index (χ2n) is 3.29. The molecule has 8 heteroatoms. The third-order valence-corrected chi connectivity index (χ3v) is 2.00. The van der Waals surface area contributed by atoms with Gasteiger partial charge in [0, 0.05) is 19.4 Å². The van der Waals surface area contributed by atoms with Gasteiger partial charge in [-0.1, -0.05) is 0 Å². The Labute approximate surface area is 105 Å². The van der Waals surface area contributed by atoms with Gasteiger partial charge >= 0.3 is 0 Å². The molecule has 0 saturated heterocycles. The molecular weight excluding hydrogens is 242 g/mol. The van der Waals surface area contributed by atoms with Gasteiger partial charge < -0.3 is 11.1 Å². The number of hydrogen-bond acceptors (Lipinski definition) is 6. The lowest BCUT2D eigenvalue weighted by molar-refractivity contribution is 0.669. The summed E-state index contributed by atoms with van der Waals surface area (Å²) in [5.41, 5.74) is 5.81. The predicted molar refractivity (Wildman–Crippen MR) is 66.3 cm³/mol. The first-order chi connectivity index (χ1) is 7.72. The lowest BCUT2D eigenvalue weighted by atomic mass is 10.3. The minimum Gasteiger partial charge on any atom is -0.356 e. The van der Waals surface area contributed by atoms with Crippen LogP contribution in [0.1, 0.15) is 18.8 Å². The lowest BCUT2D eigenvalue weighted by Gasteiger charge is -2.05. The van der Waals surface area contributed by atoms with Crippen molar-refractivity contribution in [3.05, 3.63) is 24.3 Å². The predicted octanol–water partition coefficient (Wildman–Crippen LogP) is 0.540. The average molecular weight is 256 g/mol. The number of anilines is 1. The Balaban J connectivity index is 0.00000144. The fourth-order valence-electron chi connectivity index (χ4n) is 1.27. The standard InChI is InChI=1S/C9H13N7.ClH/c1-6(10)7-14-8(11-2)15-16(7)9-12-4-3-5-13-9;/h3-6H,10H2,1-2H3,(H,11,15);1H/t6-;/m0./s1. The molecule has 3 N–H and O–H groups in total. The van der Waals surface area contributed by atoms with Crippen LogP contribution in [0.4, 0.5) is 5.95 Å². The van der Waals surface area contributed by atoms with Crippen molar-refractivity contribution in [3.63, 3.8) is 0 Å². The lowest BCUT2D eigenvalue weighted by Crippen LogP contribution is -2.14. The van der Waals surface area contributed by atoms with E-state index < -0.39 is 0 Å². The third kappa shape index (κ3) is 2.69. The van der Waals surface area contributed by atoms with Gasteiger partial charge in [-0.05, 0) is 13.0 Å². The summed E-state index contributed by atoms with van der Waals surface area (Å²) in [5.74, 6) is 1.58. The molecule has 0 aromatic carbocycles. The van der Waals surface area contributed by atoms with Gasteiger partial charge in [-0.3, -0.25) is 0 Å². The van der Waals surface area contributed by atoms with Crippen molar-refractivity contribution in [2.24, 2.45) is 5.73 Å². The number of hydrogen-bond donors (Lipinski definition) is 2. The summed E-state index contributed by atoms with van der Waals surface area (Å²) in [7, 11) is 1.75. The Kier molecular flexibility index (Phi) is 4.36. The van der Waals surface area contributed by atoms with Crippen LogP contribution in [0.25, 0.3) is 5.95 Å². The van der Waals surface area contributed by atoms with Crippen molar-refractivity contribution in [1.82, 2.24) is 24.7 Å². The van der Waals surface area contributed by atoms with Gasteiger partial charge in [0.15, 0.2) is 5.82 Å². The first-order valence-corrected chi connectivity index (χ1v) is 4.90. The van der Waals surface area contributed by atoms with Crippen molar-refractivity contribution < 1.29 is 0 Å². The van der Waals surface area contributed by atoms with Gasteiger partial charge in [-0.2, -0.15) is 9.67 Å². The molecular formula is C9H14ClN7. The molecule has 2 aromatic rings. The molecule has 0 fully saturated rings. The molecule has 1 atom stereocenters. The van der Waals surface area contributed by atoms with Gasteiger partial charge in [0.2, 0.25) is 5.95 Å². The van der Waals surface area contributed by atoms with E-state index in [2.05, 4.69) is 25.4 Å². The molecule has 0 aliphatic carbocycles. The number of nitrogens with one attached hydrogen (secondary N) is 1. The van der Waals surface area contributed by atoms with E-state index in [0.717, 1.165) is 0 Å². The second-order valence-corrected chi connectivity index (χ2v) is 3.29. The Hall–Kier alpha value is -1.73. The third-order valence-electron chi connectivity index (χ3n) is 2.00. The Morgan fingerprint density at radius 2 is 2.00 bits per heavy atom. The fourth-order valence-corrected chi connectivity index (χ4v) is 1.27. The summed E-state index contributed by atoms with van der Waals surface area (Å²) in [4.78, 5) is 12.5. The van der Waals surface area contributed by atoms with Gasteiger partial charge in [-0.25, -0.2) is 9.97 Å². The topological polar surface area (TPSA) is 94.5 Å². The van der Waals surface area contributed by atoms with Crippen molar-refractivity contribution in [3.8, 4) is 5.95 Å². The minimum absolute atomic E-state index is 0. The smallest absolute Gasteiger partial charge is 0.252 e. The van der Waals surface area contributed by atoms with Crippen LogP contribution in [0.5, 0.6) is 0 Å². The molecule has 2 aromatic heterocycles. The van der Waals surface area contributed by atoms with Crippen LogP contribution in [0.3, 0.4) is 0 Å². The highest BCUT2D eigenvalue weighted by molar-refractivity contribution is 5.85. The van der Waals surface area contributed by atoms with E-state index in [1.165, 1.54) is 4.68 Å². The molecule has 0 unspecified atom stereocenters.